The number of para-hydroxylation sites is 1. The highest BCUT2D eigenvalue weighted by Crippen LogP contribution is 2.33. The zero-order valence-electron chi connectivity index (χ0n) is 13.1. The van der Waals surface area contributed by atoms with Crippen LogP contribution in [0.25, 0.3) is 0 Å². The fourth-order valence-corrected chi connectivity index (χ4v) is 3.31. The second kappa shape index (κ2) is 5.83. The molecule has 0 N–H and O–H groups in total. The SMILES string of the molecule is C[C@H]1Cc2ccccc2N1C(=O)c1ccc(Cn2cc(Cl)cn2)o1. The van der Waals surface area contributed by atoms with Crippen molar-refractivity contribution < 1.29 is 9.21 Å². The number of amides is 1. The van der Waals surface area contributed by atoms with Crippen LogP contribution in [0.4, 0.5) is 5.69 Å². The molecule has 1 aromatic carbocycles. The average Bonchev–Trinajstić information content (AvgIpc) is 3.25. The Morgan fingerprint density at radius 1 is 1.33 bits per heavy atom. The van der Waals surface area contributed by atoms with Crippen molar-refractivity contribution in [2.45, 2.75) is 25.9 Å². The highest BCUT2D eigenvalue weighted by Gasteiger charge is 2.32. The van der Waals surface area contributed by atoms with Gasteiger partial charge in [-0.1, -0.05) is 29.8 Å². The van der Waals surface area contributed by atoms with Gasteiger partial charge in [0, 0.05) is 17.9 Å². The molecule has 4 rings (SSSR count). The Bertz CT molecular complexity index is 899. The monoisotopic (exact) mass is 341 g/mol. The number of hydrogen-bond donors (Lipinski definition) is 0. The molecule has 3 aromatic rings. The van der Waals surface area contributed by atoms with Crippen molar-refractivity contribution in [3.63, 3.8) is 0 Å². The van der Waals surface area contributed by atoms with Gasteiger partial charge in [0.05, 0.1) is 17.8 Å². The van der Waals surface area contributed by atoms with Crippen molar-refractivity contribution >= 4 is 23.2 Å². The number of hydrogen-bond acceptors (Lipinski definition) is 3. The number of benzene rings is 1. The minimum Gasteiger partial charge on any atom is -0.454 e. The third kappa shape index (κ3) is 2.61. The number of nitrogens with zero attached hydrogens (tertiary/aromatic N) is 3. The summed E-state index contributed by atoms with van der Waals surface area (Å²) in [6.45, 7) is 2.49. The van der Waals surface area contributed by atoms with Gasteiger partial charge in [0.1, 0.15) is 5.76 Å². The number of furan rings is 1. The van der Waals surface area contributed by atoms with Gasteiger partial charge >= 0.3 is 0 Å². The lowest BCUT2D eigenvalue weighted by Crippen LogP contribution is -2.35. The van der Waals surface area contributed by atoms with Crippen molar-refractivity contribution in [3.8, 4) is 0 Å². The first-order chi connectivity index (χ1) is 11.6. The van der Waals surface area contributed by atoms with E-state index in [9.17, 15) is 4.79 Å². The van der Waals surface area contributed by atoms with Gasteiger partial charge in [-0.05, 0) is 37.1 Å². The second-order valence-corrected chi connectivity index (χ2v) is 6.42. The van der Waals surface area contributed by atoms with Gasteiger partial charge in [0.2, 0.25) is 0 Å². The molecular formula is C18H16ClN3O2. The van der Waals surface area contributed by atoms with Gasteiger partial charge in [0.15, 0.2) is 5.76 Å². The summed E-state index contributed by atoms with van der Waals surface area (Å²) in [6, 6.07) is 11.6. The average molecular weight is 342 g/mol. The smallest absolute Gasteiger partial charge is 0.294 e. The second-order valence-electron chi connectivity index (χ2n) is 5.98. The molecule has 3 heterocycles. The summed E-state index contributed by atoms with van der Waals surface area (Å²) in [5.41, 5.74) is 2.16. The molecule has 1 aliphatic heterocycles. The van der Waals surface area contributed by atoms with Crippen molar-refractivity contribution in [2.75, 3.05) is 4.90 Å². The fourth-order valence-electron chi connectivity index (χ4n) is 3.16. The van der Waals surface area contributed by atoms with Crippen LogP contribution >= 0.6 is 11.6 Å². The first-order valence-electron chi connectivity index (χ1n) is 7.80. The van der Waals surface area contributed by atoms with Crippen LogP contribution in [0.5, 0.6) is 0 Å². The highest BCUT2D eigenvalue weighted by atomic mass is 35.5. The van der Waals surface area contributed by atoms with Crippen LogP contribution in [0.2, 0.25) is 5.02 Å². The van der Waals surface area contributed by atoms with E-state index >= 15 is 0 Å². The molecule has 24 heavy (non-hydrogen) atoms. The van der Waals surface area contributed by atoms with Crippen LogP contribution in [-0.2, 0) is 13.0 Å². The molecule has 0 spiro atoms. The molecule has 0 bridgehead atoms. The maximum absolute atomic E-state index is 12.9. The molecule has 5 nitrogen and oxygen atoms in total. The van der Waals surface area contributed by atoms with Crippen LogP contribution in [0.3, 0.4) is 0 Å². The lowest BCUT2D eigenvalue weighted by atomic mass is 10.1. The van der Waals surface area contributed by atoms with Gasteiger partial charge in [-0.25, -0.2) is 0 Å². The fraction of sp³-hybridized carbons (Fsp3) is 0.222. The van der Waals surface area contributed by atoms with Crippen LogP contribution < -0.4 is 4.90 Å². The molecule has 1 aliphatic rings. The molecule has 0 fully saturated rings. The summed E-state index contributed by atoms with van der Waals surface area (Å²) in [7, 11) is 0. The van der Waals surface area contributed by atoms with Crippen LogP contribution in [-0.4, -0.2) is 21.7 Å². The van der Waals surface area contributed by atoms with E-state index in [1.54, 1.807) is 29.2 Å². The Morgan fingerprint density at radius 3 is 2.96 bits per heavy atom. The van der Waals surface area contributed by atoms with Crippen LogP contribution in [0.1, 0.15) is 28.8 Å². The Kier molecular flexibility index (Phi) is 3.65. The first-order valence-corrected chi connectivity index (χ1v) is 8.18. The van der Waals surface area contributed by atoms with Crippen molar-refractivity contribution in [2.24, 2.45) is 0 Å². The molecule has 0 radical (unpaired) electrons. The van der Waals surface area contributed by atoms with Crippen LogP contribution in [0.15, 0.2) is 53.2 Å². The third-order valence-corrected chi connectivity index (χ3v) is 4.41. The summed E-state index contributed by atoms with van der Waals surface area (Å²) in [6.07, 6.45) is 4.14. The van der Waals surface area contributed by atoms with E-state index < -0.39 is 0 Å². The number of carbonyl (C=O) groups is 1. The Labute approximate surface area is 144 Å². The van der Waals surface area contributed by atoms with E-state index in [-0.39, 0.29) is 11.9 Å². The maximum Gasteiger partial charge on any atom is 0.294 e. The minimum absolute atomic E-state index is 0.114. The number of aromatic nitrogens is 2. The normalized spacial score (nSPS) is 16.4. The zero-order valence-corrected chi connectivity index (χ0v) is 13.9. The van der Waals surface area contributed by atoms with Gasteiger partial charge in [-0.3, -0.25) is 9.48 Å². The van der Waals surface area contributed by atoms with Gasteiger partial charge in [-0.2, -0.15) is 5.10 Å². The summed E-state index contributed by atoms with van der Waals surface area (Å²) < 4.78 is 7.41. The standard InChI is InChI=1S/C18H16ClN3O2/c1-12-8-13-4-2-3-5-16(13)22(12)18(23)17-7-6-15(24-17)11-21-10-14(19)9-20-21/h2-7,9-10,12H,8,11H2,1H3/t12-/m0/s1. The first kappa shape index (κ1) is 15.0. The van der Waals surface area contributed by atoms with Crippen molar-refractivity contribution in [1.82, 2.24) is 9.78 Å². The summed E-state index contributed by atoms with van der Waals surface area (Å²) in [5.74, 6) is 0.891. The Morgan fingerprint density at radius 2 is 2.17 bits per heavy atom. The van der Waals surface area contributed by atoms with Gasteiger partial charge in [-0.15, -0.1) is 0 Å². The van der Waals surface area contributed by atoms with E-state index in [1.165, 1.54) is 5.56 Å². The highest BCUT2D eigenvalue weighted by molar-refractivity contribution is 6.30. The number of anilines is 1. The van der Waals surface area contributed by atoms with Crippen molar-refractivity contribution in [3.05, 3.63) is 70.9 Å². The summed E-state index contributed by atoms with van der Waals surface area (Å²) >= 11 is 5.86. The molecule has 0 saturated carbocycles. The predicted octanol–water partition coefficient (Wildman–Crippen LogP) is 3.77. The third-order valence-electron chi connectivity index (χ3n) is 4.22. The Balaban J connectivity index is 1.57. The largest absolute Gasteiger partial charge is 0.454 e. The van der Waals surface area contributed by atoms with Gasteiger partial charge < -0.3 is 9.32 Å². The number of rotatable bonds is 3. The quantitative estimate of drug-likeness (QED) is 0.728. The molecule has 0 saturated heterocycles. The molecule has 1 amide bonds. The van der Waals surface area contributed by atoms with Crippen LogP contribution in [0, 0.1) is 0 Å². The summed E-state index contributed by atoms with van der Waals surface area (Å²) in [5, 5.41) is 4.68. The zero-order chi connectivity index (χ0) is 16.7. The Hall–Kier alpha value is -2.53. The van der Waals surface area contributed by atoms with E-state index in [4.69, 9.17) is 16.0 Å². The number of carbonyl (C=O) groups excluding carboxylic acids is 1. The molecule has 0 unspecified atom stereocenters. The summed E-state index contributed by atoms with van der Waals surface area (Å²) in [4.78, 5) is 14.7. The molecule has 1 atom stereocenters. The molecule has 122 valence electrons. The van der Waals surface area contributed by atoms with E-state index in [0.29, 0.717) is 23.1 Å². The topological polar surface area (TPSA) is 51.3 Å². The molecular weight excluding hydrogens is 326 g/mol. The molecule has 2 aromatic heterocycles. The van der Waals surface area contributed by atoms with E-state index in [1.807, 2.05) is 30.0 Å². The number of halogens is 1. The minimum atomic E-state index is -0.114. The molecule has 0 aliphatic carbocycles. The number of fused-ring (bicyclic) bond motifs is 1. The predicted molar refractivity (Wildman–Crippen MR) is 91.5 cm³/mol. The maximum atomic E-state index is 12.9. The van der Waals surface area contributed by atoms with E-state index in [2.05, 4.69) is 11.2 Å². The lowest BCUT2D eigenvalue weighted by molar-refractivity contribution is 0.0952. The van der Waals surface area contributed by atoms with Crippen molar-refractivity contribution in [1.29, 1.82) is 0 Å². The lowest BCUT2D eigenvalue weighted by Gasteiger charge is -2.21. The van der Waals surface area contributed by atoms with E-state index in [0.717, 1.165) is 12.1 Å². The molecule has 6 heteroatoms. The van der Waals surface area contributed by atoms with Gasteiger partial charge in [0.25, 0.3) is 5.91 Å².